The molecule has 0 aliphatic heterocycles. The molecule has 30 heavy (non-hydrogen) atoms. The van der Waals surface area contributed by atoms with Crippen molar-refractivity contribution in [3.8, 4) is 16.8 Å². The van der Waals surface area contributed by atoms with Crippen LogP contribution in [-0.4, -0.2) is 4.57 Å². The van der Waals surface area contributed by atoms with Gasteiger partial charge in [0.2, 0.25) is 0 Å². The van der Waals surface area contributed by atoms with Crippen LogP contribution in [0.2, 0.25) is 0 Å². The number of rotatable bonds is 2. The Bertz CT molecular complexity index is 1530. The Hall–Kier alpha value is -3.84. The summed E-state index contributed by atoms with van der Waals surface area (Å²) in [7, 11) is 0. The van der Waals surface area contributed by atoms with E-state index in [0.717, 1.165) is 0 Å². The van der Waals surface area contributed by atoms with Crippen LogP contribution in [0.1, 0.15) is 5.56 Å². The lowest BCUT2D eigenvalue weighted by Crippen LogP contribution is -1.93. The van der Waals surface area contributed by atoms with Gasteiger partial charge in [0, 0.05) is 16.5 Å². The number of fused-ring (bicyclic) bond motifs is 4. The van der Waals surface area contributed by atoms with Crippen LogP contribution in [0.4, 0.5) is 0 Å². The molecule has 6 aromatic rings. The highest BCUT2D eigenvalue weighted by Gasteiger charge is 2.12. The van der Waals surface area contributed by atoms with Crippen LogP contribution in [0.3, 0.4) is 0 Å². The Labute approximate surface area is 175 Å². The van der Waals surface area contributed by atoms with E-state index in [1.54, 1.807) is 0 Å². The zero-order chi connectivity index (χ0) is 20.1. The monoisotopic (exact) mass is 383 g/mol. The molecule has 0 amide bonds. The molecular weight excluding hydrogens is 362 g/mol. The summed E-state index contributed by atoms with van der Waals surface area (Å²) in [6.45, 7) is 2.16. The van der Waals surface area contributed by atoms with E-state index < -0.39 is 0 Å². The van der Waals surface area contributed by atoms with Crippen LogP contribution in [0.15, 0.2) is 109 Å². The van der Waals surface area contributed by atoms with Gasteiger partial charge in [0.05, 0.1) is 11.0 Å². The molecule has 1 aromatic heterocycles. The van der Waals surface area contributed by atoms with Gasteiger partial charge in [-0.1, -0.05) is 78.4 Å². The van der Waals surface area contributed by atoms with Crippen LogP contribution >= 0.6 is 0 Å². The predicted octanol–water partition coefficient (Wildman–Crippen LogP) is 7.91. The minimum Gasteiger partial charge on any atom is -0.309 e. The van der Waals surface area contributed by atoms with Crippen molar-refractivity contribution in [1.29, 1.82) is 0 Å². The van der Waals surface area contributed by atoms with Crippen molar-refractivity contribution in [2.45, 2.75) is 6.92 Å². The van der Waals surface area contributed by atoms with E-state index in [-0.39, 0.29) is 0 Å². The lowest BCUT2D eigenvalue weighted by atomic mass is 10.0. The van der Waals surface area contributed by atoms with Gasteiger partial charge in [-0.3, -0.25) is 0 Å². The number of aromatic nitrogens is 1. The van der Waals surface area contributed by atoms with Crippen molar-refractivity contribution >= 4 is 32.6 Å². The van der Waals surface area contributed by atoms with E-state index >= 15 is 0 Å². The largest absolute Gasteiger partial charge is 0.309 e. The molecule has 6 rings (SSSR count). The molecule has 0 spiro atoms. The third-order valence-electron chi connectivity index (χ3n) is 6.04. The van der Waals surface area contributed by atoms with Gasteiger partial charge < -0.3 is 4.57 Å². The minimum absolute atomic E-state index is 1.19. The van der Waals surface area contributed by atoms with Gasteiger partial charge in [-0.2, -0.15) is 0 Å². The van der Waals surface area contributed by atoms with E-state index in [9.17, 15) is 0 Å². The molecule has 0 fully saturated rings. The van der Waals surface area contributed by atoms with Crippen molar-refractivity contribution in [2.75, 3.05) is 0 Å². The van der Waals surface area contributed by atoms with E-state index in [4.69, 9.17) is 0 Å². The molecule has 1 heteroatoms. The summed E-state index contributed by atoms with van der Waals surface area (Å²) in [5.41, 5.74) is 7.46. The number of aryl methyl sites for hydroxylation is 1. The first-order valence-electron chi connectivity index (χ1n) is 10.4. The summed E-state index contributed by atoms with van der Waals surface area (Å²) in [6, 6.07) is 39.5. The summed E-state index contributed by atoms with van der Waals surface area (Å²) in [6.07, 6.45) is 0. The molecule has 142 valence electrons. The second-order valence-corrected chi connectivity index (χ2v) is 7.98. The topological polar surface area (TPSA) is 4.93 Å². The maximum Gasteiger partial charge on any atom is 0.0541 e. The summed E-state index contributed by atoms with van der Waals surface area (Å²) in [4.78, 5) is 0. The second kappa shape index (κ2) is 6.60. The van der Waals surface area contributed by atoms with Crippen molar-refractivity contribution in [1.82, 2.24) is 4.57 Å². The van der Waals surface area contributed by atoms with Crippen LogP contribution < -0.4 is 0 Å². The van der Waals surface area contributed by atoms with Crippen LogP contribution in [0, 0.1) is 6.92 Å². The lowest BCUT2D eigenvalue weighted by molar-refractivity contribution is 1.18. The maximum absolute atomic E-state index is 2.37. The standard InChI is InChI=1S/C29H21N/c1-20-10-17-29-27(18-20)26-8-4-5-9-28(26)30(29)25-15-13-22(14-16-25)24-12-11-21-6-2-3-7-23(21)19-24/h2-19H,1H3. The maximum atomic E-state index is 2.37. The summed E-state index contributed by atoms with van der Waals surface area (Å²) >= 11 is 0. The highest BCUT2D eigenvalue weighted by molar-refractivity contribution is 6.09. The smallest absolute Gasteiger partial charge is 0.0541 e. The Balaban J connectivity index is 1.51. The zero-order valence-corrected chi connectivity index (χ0v) is 16.8. The van der Waals surface area contributed by atoms with Gasteiger partial charge in [-0.25, -0.2) is 0 Å². The molecule has 0 saturated heterocycles. The number of hydrogen-bond acceptors (Lipinski definition) is 0. The number of benzene rings is 5. The Morgan fingerprint density at radius 3 is 2.07 bits per heavy atom. The molecule has 1 heterocycles. The average Bonchev–Trinajstić information content (AvgIpc) is 3.12. The first-order valence-corrected chi connectivity index (χ1v) is 10.4. The predicted molar refractivity (Wildman–Crippen MR) is 128 cm³/mol. The fourth-order valence-corrected chi connectivity index (χ4v) is 4.54. The quantitative estimate of drug-likeness (QED) is 0.286. The molecule has 0 radical (unpaired) electrons. The van der Waals surface area contributed by atoms with Crippen LogP contribution in [-0.2, 0) is 0 Å². The fraction of sp³-hybridized carbons (Fsp3) is 0.0345. The molecular formula is C29H21N. The summed E-state index contributed by atoms with van der Waals surface area (Å²) < 4.78 is 2.37. The van der Waals surface area contributed by atoms with Gasteiger partial charge in [0.1, 0.15) is 0 Å². The van der Waals surface area contributed by atoms with Crippen molar-refractivity contribution in [3.05, 3.63) is 115 Å². The van der Waals surface area contributed by atoms with Crippen molar-refractivity contribution in [3.63, 3.8) is 0 Å². The fourth-order valence-electron chi connectivity index (χ4n) is 4.54. The number of hydrogen-bond donors (Lipinski definition) is 0. The SMILES string of the molecule is Cc1ccc2c(c1)c1ccccc1n2-c1ccc(-c2ccc3ccccc3c2)cc1. The highest BCUT2D eigenvalue weighted by Crippen LogP contribution is 2.33. The third-order valence-corrected chi connectivity index (χ3v) is 6.04. The Morgan fingerprint density at radius 2 is 1.20 bits per heavy atom. The normalized spacial score (nSPS) is 11.5. The molecule has 0 unspecified atom stereocenters. The van der Waals surface area contributed by atoms with Gasteiger partial charge in [0.15, 0.2) is 0 Å². The van der Waals surface area contributed by atoms with Gasteiger partial charge >= 0.3 is 0 Å². The zero-order valence-electron chi connectivity index (χ0n) is 16.8. The van der Waals surface area contributed by atoms with Gasteiger partial charge in [0.25, 0.3) is 0 Å². The Morgan fingerprint density at radius 1 is 0.500 bits per heavy atom. The van der Waals surface area contributed by atoms with Gasteiger partial charge in [-0.05, 0) is 65.2 Å². The molecule has 0 bridgehead atoms. The lowest BCUT2D eigenvalue weighted by Gasteiger charge is -2.10. The summed E-state index contributed by atoms with van der Waals surface area (Å²) in [5, 5.41) is 5.16. The Kier molecular flexibility index (Phi) is 3.75. The molecule has 1 nitrogen and oxygen atoms in total. The van der Waals surface area contributed by atoms with Crippen LogP contribution in [0.5, 0.6) is 0 Å². The summed E-state index contributed by atoms with van der Waals surface area (Å²) in [5.74, 6) is 0. The van der Waals surface area contributed by atoms with Crippen LogP contribution in [0.25, 0.3) is 49.4 Å². The molecule has 0 aliphatic rings. The number of para-hydroxylation sites is 1. The second-order valence-electron chi connectivity index (χ2n) is 7.98. The molecule has 0 saturated carbocycles. The number of nitrogens with zero attached hydrogens (tertiary/aromatic N) is 1. The van der Waals surface area contributed by atoms with E-state index in [1.807, 2.05) is 0 Å². The molecule has 0 aliphatic carbocycles. The average molecular weight is 383 g/mol. The van der Waals surface area contributed by atoms with E-state index in [0.29, 0.717) is 0 Å². The molecule has 0 atom stereocenters. The van der Waals surface area contributed by atoms with Gasteiger partial charge in [-0.15, -0.1) is 0 Å². The van der Waals surface area contributed by atoms with Crippen molar-refractivity contribution in [2.24, 2.45) is 0 Å². The van der Waals surface area contributed by atoms with E-state index in [2.05, 4.69) is 121 Å². The highest BCUT2D eigenvalue weighted by atomic mass is 15.0. The molecule has 5 aromatic carbocycles. The molecule has 0 N–H and O–H groups in total. The third kappa shape index (κ3) is 2.63. The van der Waals surface area contributed by atoms with Crippen molar-refractivity contribution < 1.29 is 0 Å². The van der Waals surface area contributed by atoms with E-state index in [1.165, 1.54) is 55.0 Å². The first kappa shape index (κ1) is 17.1. The minimum atomic E-state index is 1.19. The first-order chi connectivity index (χ1) is 14.8.